The van der Waals surface area contributed by atoms with E-state index in [1.165, 1.54) is 12.2 Å². The zero-order valence-electron chi connectivity index (χ0n) is 28.1. The second-order valence-corrected chi connectivity index (χ2v) is 15.3. The third-order valence-corrected chi connectivity index (χ3v) is 12.5. The third kappa shape index (κ3) is 4.50. The van der Waals surface area contributed by atoms with Crippen molar-refractivity contribution in [1.29, 1.82) is 0 Å². The average Bonchev–Trinajstić information content (AvgIpc) is 3.56. The number of fused-ring (bicyclic) bond motifs is 7. The highest BCUT2D eigenvalue weighted by molar-refractivity contribution is 6.01. The summed E-state index contributed by atoms with van der Waals surface area (Å²) in [5, 5.41) is 25.4. The molecule has 7 nitrogen and oxygen atoms in total. The van der Waals surface area contributed by atoms with E-state index < -0.39 is 76.8 Å². The van der Waals surface area contributed by atoms with Crippen LogP contribution >= 0.6 is 0 Å². The number of anilines is 1. The predicted molar refractivity (Wildman–Crippen MR) is 177 cm³/mol. The summed E-state index contributed by atoms with van der Waals surface area (Å²) in [6.45, 7) is 8.84. The molecule has 1 saturated heterocycles. The Morgan fingerprint density at radius 1 is 1.06 bits per heavy atom. The van der Waals surface area contributed by atoms with Crippen LogP contribution < -0.4 is 5.32 Å². The van der Waals surface area contributed by atoms with Gasteiger partial charge in [-0.25, -0.2) is 8.78 Å². The van der Waals surface area contributed by atoms with Crippen LogP contribution in [0, 0.1) is 22.7 Å². The Morgan fingerprint density at radius 2 is 1.79 bits per heavy atom. The molecule has 0 bridgehead atoms. The lowest BCUT2D eigenvalue weighted by molar-refractivity contribution is -0.235. The highest BCUT2D eigenvalue weighted by Crippen LogP contribution is 2.72. The molecular weight excluding hydrogens is 616 g/mol. The van der Waals surface area contributed by atoms with Crippen LogP contribution in [0.2, 0.25) is 0 Å². The van der Waals surface area contributed by atoms with Gasteiger partial charge in [0.05, 0.1) is 12.2 Å². The number of alkyl halides is 2. The number of benzene rings is 2. The molecule has 1 heterocycles. The number of ether oxygens (including phenoxy) is 2. The predicted octanol–water partition coefficient (Wildman–Crippen LogP) is 6.30. The first-order valence-electron chi connectivity index (χ1n) is 17.1. The fourth-order valence-corrected chi connectivity index (χ4v) is 10.1. The summed E-state index contributed by atoms with van der Waals surface area (Å²) in [4.78, 5) is 26.0. The molecule has 7 rings (SSSR count). The van der Waals surface area contributed by atoms with Gasteiger partial charge in [-0.1, -0.05) is 56.3 Å². The SMILES string of the molecule is CC(C)Nc1cccc([C@@H](C)c2ccc([C@H]3O[C@@H]4C[C@H]5[C@@H]6C[C@H](F)C7=CC(=O)C=C[C@]7(C)[C@@]6(F)[C@@H](O)C[C@]5(C)[C@]4(C(=O)CO)O3)cc2)c1. The van der Waals surface area contributed by atoms with Gasteiger partial charge in [0, 0.05) is 40.0 Å². The van der Waals surface area contributed by atoms with Crippen LogP contribution in [-0.2, 0) is 19.1 Å². The zero-order chi connectivity index (χ0) is 34.4. The van der Waals surface area contributed by atoms with Crippen molar-refractivity contribution in [3.63, 3.8) is 0 Å². The number of rotatable bonds is 7. The van der Waals surface area contributed by atoms with E-state index in [4.69, 9.17) is 9.47 Å². The number of hydrogen-bond donors (Lipinski definition) is 3. The van der Waals surface area contributed by atoms with E-state index in [1.54, 1.807) is 13.8 Å². The van der Waals surface area contributed by atoms with Crippen molar-refractivity contribution in [3.05, 3.63) is 89.0 Å². The quantitative estimate of drug-likeness (QED) is 0.320. The number of carbonyl (C=O) groups excluding carboxylic acids is 2. The Bertz CT molecular complexity index is 1690. The van der Waals surface area contributed by atoms with Crippen molar-refractivity contribution in [2.45, 2.75) is 102 Å². The van der Waals surface area contributed by atoms with Gasteiger partial charge in [-0.05, 0) is 86.9 Å². The lowest BCUT2D eigenvalue weighted by atomic mass is 9.44. The lowest BCUT2D eigenvalue weighted by Gasteiger charge is -2.63. The van der Waals surface area contributed by atoms with Crippen LogP contribution in [0.1, 0.15) is 82.8 Å². The van der Waals surface area contributed by atoms with Gasteiger partial charge in [0.1, 0.15) is 12.8 Å². The number of aliphatic hydroxyl groups excluding tert-OH is 2. The molecule has 4 aliphatic carbocycles. The van der Waals surface area contributed by atoms with Crippen molar-refractivity contribution in [1.82, 2.24) is 0 Å². The van der Waals surface area contributed by atoms with Crippen LogP contribution in [0.15, 0.2) is 72.3 Å². The van der Waals surface area contributed by atoms with E-state index in [9.17, 15) is 19.8 Å². The highest BCUT2D eigenvalue weighted by Gasteiger charge is 2.80. The van der Waals surface area contributed by atoms with Crippen LogP contribution in [0.5, 0.6) is 0 Å². The number of ketones is 2. The summed E-state index contributed by atoms with van der Waals surface area (Å²) in [5.74, 6) is -2.49. The molecule has 0 unspecified atom stereocenters. The van der Waals surface area contributed by atoms with Crippen molar-refractivity contribution < 1.29 is 38.1 Å². The first kappa shape index (κ1) is 33.3. The second kappa shape index (κ2) is 11.4. The first-order chi connectivity index (χ1) is 22.7. The number of allylic oxidation sites excluding steroid dienone is 4. The highest BCUT2D eigenvalue weighted by atomic mass is 19.1. The molecule has 9 heteroatoms. The minimum atomic E-state index is -2.29. The molecular formula is C39H45F2NO6. The van der Waals surface area contributed by atoms with E-state index in [1.807, 2.05) is 36.4 Å². The molecule has 2 aromatic rings. The molecule has 0 aromatic heterocycles. The average molecular weight is 662 g/mol. The standard InChI is InChI=1S/C39H45F2NO6/c1-21(2)42-26-8-6-7-25(15-26)22(3)23-9-11-24(12-10-23)35-47-34-18-28-29-17-31(40)30-16-27(44)13-14-36(30,4)38(29,41)32(45)19-37(28,5)39(34,48-35)33(46)20-43/h6-16,21-22,28-29,31-32,34-35,42-43,45H,17-20H2,1-5H3/t22-,28-,29-,31-,32-,34+,35-,36-,37-,38-,39+/m0/s1. The van der Waals surface area contributed by atoms with Gasteiger partial charge in [-0.3, -0.25) is 9.59 Å². The van der Waals surface area contributed by atoms with Crippen molar-refractivity contribution in [3.8, 4) is 0 Å². The molecule has 4 fully saturated rings. The molecule has 3 N–H and O–H groups in total. The van der Waals surface area contributed by atoms with Crippen molar-refractivity contribution in [2.75, 3.05) is 11.9 Å². The monoisotopic (exact) mass is 661 g/mol. The van der Waals surface area contributed by atoms with E-state index in [-0.39, 0.29) is 30.8 Å². The molecule has 0 amide bonds. The van der Waals surface area contributed by atoms with Gasteiger partial charge in [-0.15, -0.1) is 0 Å². The summed E-state index contributed by atoms with van der Waals surface area (Å²) in [6.07, 6.45) is -1.37. The Hall–Kier alpha value is -3.24. The minimum absolute atomic E-state index is 0.0426. The van der Waals surface area contributed by atoms with Gasteiger partial charge in [0.25, 0.3) is 0 Å². The van der Waals surface area contributed by atoms with E-state index in [0.717, 1.165) is 22.9 Å². The van der Waals surface area contributed by atoms with Crippen LogP contribution in [0.4, 0.5) is 14.5 Å². The molecule has 3 saturated carbocycles. The van der Waals surface area contributed by atoms with Crippen LogP contribution in [0.25, 0.3) is 0 Å². The number of Topliss-reactive ketones (excluding diaryl/α,β-unsaturated/α-hetero) is 1. The fraction of sp³-hybridized carbons (Fsp3) is 0.538. The Balaban J connectivity index is 1.18. The van der Waals surface area contributed by atoms with E-state index >= 15 is 8.78 Å². The van der Waals surface area contributed by atoms with Crippen molar-refractivity contribution in [2.24, 2.45) is 22.7 Å². The maximum atomic E-state index is 17.6. The Labute approximate surface area is 280 Å². The molecule has 256 valence electrons. The largest absolute Gasteiger partial charge is 0.390 e. The molecule has 11 atom stereocenters. The normalized spacial score (nSPS) is 40.5. The summed E-state index contributed by atoms with van der Waals surface area (Å²) in [6, 6.07) is 16.5. The smallest absolute Gasteiger partial charge is 0.193 e. The molecule has 0 spiro atoms. The van der Waals surface area contributed by atoms with E-state index in [2.05, 4.69) is 38.2 Å². The zero-order valence-corrected chi connectivity index (χ0v) is 28.1. The van der Waals surface area contributed by atoms with E-state index in [0.29, 0.717) is 11.6 Å². The Kier molecular flexibility index (Phi) is 7.90. The number of nitrogens with one attached hydrogen (secondary N) is 1. The van der Waals surface area contributed by atoms with Gasteiger partial charge >= 0.3 is 0 Å². The lowest BCUT2D eigenvalue weighted by Crippen LogP contribution is -2.70. The van der Waals surface area contributed by atoms with Gasteiger partial charge < -0.3 is 25.0 Å². The molecule has 5 aliphatic rings. The third-order valence-electron chi connectivity index (χ3n) is 12.5. The van der Waals surface area contributed by atoms with Crippen molar-refractivity contribution >= 4 is 17.3 Å². The minimum Gasteiger partial charge on any atom is -0.390 e. The maximum absolute atomic E-state index is 17.6. The maximum Gasteiger partial charge on any atom is 0.193 e. The molecule has 0 radical (unpaired) electrons. The topological polar surface area (TPSA) is 105 Å². The summed E-state index contributed by atoms with van der Waals surface area (Å²) >= 11 is 0. The van der Waals surface area contributed by atoms with Gasteiger partial charge in [0.2, 0.25) is 0 Å². The Morgan fingerprint density at radius 3 is 2.48 bits per heavy atom. The summed E-state index contributed by atoms with van der Waals surface area (Å²) in [5.41, 5.74) is -2.63. The first-order valence-corrected chi connectivity index (χ1v) is 17.1. The summed E-state index contributed by atoms with van der Waals surface area (Å²) < 4.78 is 46.6. The van der Waals surface area contributed by atoms with Gasteiger partial charge in [-0.2, -0.15) is 0 Å². The number of halogens is 2. The van der Waals surface area contributed by atoms with Crippen LogP contribution in [-0.4, -0.2) is 64.1 Å². The molecule has 2 aromatic carbocycles. The molecule has 1 aliphatic heterocycles. The number of hydrogen-bond acceptors (Lipinski definition) is 7. The number of aliphatic hydroxyl groups is 2. The molecule has 48 heavy (non-hydrogen) atoms. The second-order valence-electron chi connectivity index (χ2n) is 15.3. The number of carbonyl (C=O) groups is 2. The summed E-state index contributed by atoms with van der Waals surface area (Å²) in [7, 11) is 0. The van der Waals surface area contributed by atoms with Crippen LogP contribution in [0.3, 0.4) is 0 Å². The van der Waals surface area contributed by atoms with Gasteiger partial charge in [0.15, 0.2) is 29.1 Å². The fourth-order valence-electron chi connectivity index (χ4n) is 10.1.